The van der Waals surface area contributed by atoms with Gasteiger partial charge in [0.05, 0.1) is 11.4 Å². The Hall–Kier alpha value is -2.83. The van der Waals surface area contributed by atoms with Crippen LogP contribution in [0.1, 0.15) is 5.56 Å². The van der Waals surface area contributed by atoms with Crippen molar-refractivity contribution < 1.29 is 23.1 Å². The predicted octanol–water partition coefficient (Wildman–Crippen LogP) is 3.37. The van der Waals surface area contributed by atoms with Crippen LogP contribution in [0, 0.1) is 0 Å². The molecule has 0 spiro atoms. The van der Waals surface area contributed by atoms with Gasteiger partial charge in [0.1, 0.15) is 5.75 Å². The van der Waals surface area contributed by atoms with E-state index in [1.165, 1.54) is 36.7 Å². The van der Waals surface area contributed by atoms with E-state index in [-0.39, 0.29) is 22.7 Å². The van der Waals surface area contributed by atoms with Gasteiger partial charge in [-0.2, -0.15) is 13.2 Å². The highest BCUT2D eigenvalue weighted by Crippen LogP contribution is 2.27. The van der Waals surface area contributed by atoms with Gasteiger partial charge in [-0.1, -0.05) is 12.1 Å². The number of benzene rings is 1. The molecular weight excluding hydrogens is 297 g/mol. The van der Waals surface area contributed by atoms with Gasteiger partial charge in [-0.3, -0.25) is 9.78 Å². The smallest absolute Gasteiger partial charge is 0.454 e. The Morgan fingerprint density at radius 2 is 1.91 bits per heavy atom. The fourth-order valence-electron chi connectivity index (χ4n) is 1.65. The number of phenols is 1. The maximum absolute atomic E-state index is 12.5. The Kier molecular flexibility index (Phi) is 4.45. The lowest BCUT2D eigenvalue weighted by molar-refractivity contribution is -0.165. The van der Waals surface area contributed by atoms with Crippen molar-refractivity contribution in [3.63, 3.8) is 0 Å². The van der Waals surface area contributed by atoms with E-state index in [1.807, 2.05) is 0 Å². The highest BCUT2D eigenvalue weighted by Gasteiger charge is 2.37. The van der Waals surface area contributed by atoms with Gasteiger partial charge in [0.2, 0.25) is 0 Å². The van der Waals surface area contributed by atoms with E-state index < -0.39 is 12.0 Å². The molecule has 0 saturated heterocycles. The maximum Gasteiger partial charge on any atom is 0.454 e. The number of halogens is 3. The minimum Gasteiger partial charge on any atom is -0.506 e. The van der Waals surface area contributed by atoms with Gasteiger partial charge in [-0.15, -0.1) is 0 Å². The first-order valence-electron chi connectivity index (χ1n) is 6.16. The molecule has 1 aromatic heterocycles. The zero-order chi connectivity index (χ0) is 16.2. The molecule has 0 aliphatic rings. The third-order valence-electron chi connectivity index (χ3n) is 2.70. The first-order valence-corrected chi connectivity index (χ1v) is 6.16. The molecule has 0 saturated carbocycles. The van der Waals surface area contributed by atoms with Crippen LogP contribution in [0.2, 0.25) is 0 Å². The highest BCUT2D eigenvalue weighted by atomic mass is 19.4. The number of alkyl halides is 3. The molecule has 0 aliphatic heterocycles. The fourth-order valence-corrected chi connectivity index (χ4v) is 1.65. The number of anilines is 1. The summed E-state index contributed by atoms with van der Waals surface area (Å²) < 4.78 is 37.4. The van der Waals surface area contributed by atoms with Gasteiger partial charge in [-0.25, -0.2) is 0 Å². The second-order valence-corrected chi connectivity index (χ2v) is 4.30. The number of pyridine rings is 1. The van der Waals surface area contributed by atoms with E-state index >= 15 is 0 Å². The average molecular weight is 308 g/mol. The zero-order valence-corrected chi connectivity index (χ0v) is 11.1. The molecule has 1 heterocycles. The van der Waals surface area contributed by atoms with Crippen molar-refractivity contribution in [2.75, 3.05) is 5.32 Å². The summed E-state index contributed by atoms with van der Waals surface area (Å²) in [7, 11) is 0. The van der Waals surface area contributed by atoms with Crippen molar-refractivity contribution in [3.8, 4) is 5.75 Å². The number of rotatable bonds is 4. The summed E-state index contributed by atoms with van der Waals surface area (Å²) in [6.45, 7) is 0. The Balaban J connectivity index is 2.41. The van der Waals surface area contributed by atoms with Gasteiger partial charge in [0.15, 0.2) is 0 Å². The molecule has 2 N–H and O–H groups in total. The van der Waals surface area contributed by atoms with Crippen molar-refractivity contribution in [1.82, 2.24) is 4.98 Å². The van der Waals surface area contributed by atoms with Gasteiger partial charge in [0.25, 0.3) is 5.78 Å². The number of allylic oxidation sites excluding steroid dienone is 1. The SMILES string of the molecule is O=C(/C=C(\Nc1ccccc1O)c1cccnc1)C(F)(F)F. The van der Waals surface area contributed by atoms with E-state index in [2.05, 4.69) is 10.3 Å². The molecule has 2 rings (SSSR count). The summed E-state index contributed by atoms with van der Waals surface area (Å²) in [5.41, 5.74) is 0.341. The third-order valence-corrected chi connectivity index (χ3v) is 2.70. The second kappa shape index (κ2) is 6.30. The molecule has 2 aromatic rings. The number of carbonyl (C=O) groups is 1. The third kappa shape index (κ3) is 3.85. The minimum atomic E-state index is -4.98. The summed E-state index contributed by atoms with van der Waals surface area (Å²) in [5, 5.41) is 12.3. The number of nitrogens with zero attached hydrogens (tertiary/aromatic N) is 1. The Bertz CT molecular complexity index is 697. The Labute approximate surface area is 123 Å². The first-order chi connectivity index (χ1) is 10.4. The maximum atomic E-state index is 12.5. The summed E-state index contributed by atoms with van der Waals surface area (Å²) in [6.07, 6.45) is -1.79. The van der Waals surface area contributed by atoms with Crippen molar-refractivity contribution in [2.45, 2.75) is 6.18 Å². The predicted molar refractivity (Wildman–Crippen MR) is 75.0 cm³/mol. The van der Waals surface area contributed by atoms with Crippen LogP contribution in [0.5, 0.6) is 5.75 Å². The number of ketones is 1. The van der Waals surface area contributed by atoms with Crippen LogP contribution >= 0.6 is 0 Å². The number of carbonyl (C=O) groups excluding carboxylic acids is 1. The molecule has 4 nitrogen and oxygen atoms in total. The summed E-state index contributed by atoms with van der Waals surface area (Å²) in [6, 6.07) is 9.01. The molecule has 22 heavy (non-hydrogen) atoms. The molecule has 0 radical (unpaired) electrons. The lowest BCUT2D eigenvalue weighted by atomic mass is 10.1. The highest BCUT2D eigenvalue weighted by molar-refractivity contribution is 6.02. The molecule has 0 atom stereocenters. The van der Waals surface area contributed by atoms with Crippen LogP contribution in [-0.4, -0.2) is 22.1 Å². The first kappa shape index (κ1) is 15.6. The van der Waals surface area contributed by atoms with E-state index in [9.17, 15) is 23.1 Å². The number of nitrogens with one attached hydrogen (secondary N) is 1. The summed E-state index contributed by atoms with van der Waals surface area (Å²) >= 11 is 0. The van der Waals surface area contributed by atoms with Crippen LogP contribution in [-0.2, 0) is 4.79 Å². The largest absolute Gasteiger partial charge is 0.506 e. The van der Waals surface area contributed by atoms with E-state index in [1.54, 1.807) is 12.1 Å². The zero-order valence-electron chi connectivity index (χ0n) is 11.1. The van der Waals surface area contributed by atoms with Crippen LogP contribution < -0.4 is 5.32 Å². The molecule has 0 unspecified atom stereocenters. The molecule has 0 fully saturated rings. The van der Waals surface area contributed by atoms with Crippen molar-refractivity contribution >= 4 is 17.2 Å². The lowest BCUT2D eigenvalue weighted by Gasteiger charge is -2.13. The van der Waals surface area contributed by atoms with E-state index in [0.717, 1.165) is 0 Å². The molecule has 114 valence electrons. The van der Waals surface area contributed by atoms with Crippen LogP contribution in [0.25, 0.3) is 5.70 Å². The van der Waals surface area contributed by atoms with Gasteiger partial charge in [-0.05, 0) is 24.3 Å². The quantitative estimate of drug-likeness (QED) is 0.671. The number of aromatic nitrogens is 1. The molecule has 0 aliphatic carbocycles. The number of para-hydroxylation sites is 2. The standard InChI is InChI=1S/C15H11F3N2O2/c16-15(17,18)14(22)8-12(10-4-3-7-19-9-10)20-11-5-1-2-6-13(11)21/h1-9,20-21H/b12-8-. The molecule has 0 bridgehead atoms. The number of aromatic hydroxyl groups is 1. The van der Waals surface area contributed by atoms with Crippen molar-refractivity contribution in [1.29, 1.82) is 0 Å². The summed E-state index contributed by atoms with van der Waals surface area (Å²) in [5.74, 6) is -2.16. The number of hydrogen-bond acceptors (Lipinski definition) is 4. The number of phenolic OH excluding ortho intramolecular Hbond substituents is 1. The number of hydrogen-bond donors (Lipinski definition) is 2. The van der Waals surface area contributed by atoms with Crippen molar-refractivity contribution in [3.05, 3.63) is 60.4 Å². The van der Waals surface area contributed by atoms with Gasteiger partial charge < -0.3 is 10.4 Å². The lowest BCUT2D eigenvalue weighted by Crippen LogP contribution is -2.21. The molecule has 0 amide bonds. The molecule has 1 aromatic carbocycles. The van der Waals surface area contributed by atoms with Gasteiger partial charge in [0, 0.05) is 24.0 Å². The molecule has 7 heteroatoms. The normalized spacial score (nSPS) is 12.0. The topological polar surface area (TPSA) is 62.2 Å². The van der Waals surface area contributed by atoms with Crippen molar-refractivity contribution in [2.24, 2.45) is 0 Å². The van der Waals surface area contributed by atoms with Gasteiger partial charge >= 0.3 is 6.18 Å². The van der Waals surface area contributed by atoms with Crippen LogP contribution in [0.15, 0.2) is 54.9 Å². The van der Waals surface area contributed by atoms with E-state index in [4.69, 9.17) is 0 Å². The average Bonchev–Trinajstić information content (AvgIpc) is 2.48. The second-order valence-electron chi connectivity index (χ2n) is 4.30. The molecular formula is C15H11F3N2O2. The minimum absolute atomic E-state index is 0.114. The Morgan fingerprint density at radius 3 is 2.50 bits per heavy atom. The van der Waals surface area contributed by atoms with E-state index in [0.29, 0.717) is 6.08 Å². The fraction of sp³-hybridized carbons (Fsp3) is 0.0667. The van der Waals surface area contributed by atoms with Crippen LogP contribution in [0.4, 0.5) is 18.9 Å². The van der Waals surface area contributed by atoms with Crippen LogP contribution in [0.3, 0.4) is 0 Å². The monoisotopic (exact) mass is 308 g/mol. The Morgan fingerprint density at radius 1 is 1.18 bits per heavy atom. The summed E-state index contributed by atoms with van der Waals surface area (Å²) in [4.78, 5) is 15.0.